The Balaban J connectivity index is 5.63. The van der Waals surface area contributed by atoms with Crippen LogP contribution in [0.1, 0.15) is 27.7 Å². The van der Waals surface area contributed by atoms with Gasteiger partial charge in [-0.25, -0.2) is 0 Å². The van der Waals surface area contributed by atoms with Gasteiger partial charge in [-0.2, -0.15) is 0 Å². The highest BCUT2D eigenvalue weighted by molar-refractivity contribution is 8.03. The number of thioether (sulfide) groups is 1. The molecular formula is C17H24NPS. The van der Waals surface area contributed by atoms with Crippen LogP contribution in [-0.2, 0) is 0 Å². The molecule has 0 radical (unpaired) electrons. The maximum atomic E-state index is 5.74. The summed E-state index contributed by atoms with van der Waals surface area (Å²) in [5.41, 5.74) is 3.00. The quantitative estimate of drug-likeness (QED) is 0.393. The topological polar surface area (TPSA) is 12.0 Å². The molecule has 0 aliphatic rings. The van der Waals surface area contributed by atoms with Gasteiger partial charge >= 0.3 is 0 Å². The van der Waals surface area contributed by atoms with E-state index in [1.807, 2.05) is 38.2 Å². The molecule has 0 saturated heterocycles. The number of rotatable bonds is 8. The van der Waals surface area contributed by atoms with Crippen molar-refractivity contribution in [2.24, 2.45) is 5.92 Å². The van der Waals surface area contributed by atoms with Crippen LogP contribution in [0, 0.1) is 18.3 Å². The van der Waals surface area contributed by atoms with Crippen LogP contribution >= 0.6 is 20.6 Å². The third-order valence-electron chi connectivity index (χ3n) is 2.64. The summed E-state index contributed by atoms with van der Waals surface area (Å²) >= 11 is 1.71. The molecule has 0 rings (SSSR count). The Morgan fingerprint density at radius 2 is 2.20 bits per heavy atom. The standard InChI is InChI=1S/C17H24NPS/c1-7-11-12-15(8-2)13(5)16(9-3)17(20-10-4)18-14(6)19/h3,7-8,11-13,18-19H,2,10H2,1,4-6H3/b11-7-,15-12+,17-16-. The van der Waals surface area contributed by atoms with Gasteiger partial charge in [0.1, 0.15) is 0 Å². The van der Waals surface area contributed by atoms with Gasteiger partial charge in [-0.05, 0) is 25.2 Å². The van der Waals surface area contributed by atoms with E-state index in [4.69, 9.17) is 6.42 Å². The predicted octanol–water partition coefficient (Wildman–Crippen LogP) is 4.79. The van der Waals surface area contributed by atoms with Crippen LogP contribution < -0.4 is 5.32 Å². The van der Waals surface area contributed by atoms with Crippen LogP contribution in [0.25, 0.3) is 0 Å². The van der Waals surface area contributed by atoms with Crippen LogP contribution in [0.5, 0.6) is 0 Å². The smallest absolute Gasteiger partial charge is 0.0849 e. The van der Waals surface area contributed by atoms with Crippen molar-refractivity contribution in [3.63, 3.8) is 0 Å². The highest BCUT2D eigenvalue weighted by Crippen LogP contribution is 2.27. The first kappa shape index (κ1) is 18.8. The highest BCUT2D eigenvalue weighted by Gasteiger charge is 2.15. The summed E-state index contributed by atoms with van der Waals surface area (Å²) in [6.45, 7) is 12.0. The van der Waals surface area contributed by atoms with Crippen LogP contribution in [0.15, 0.2) is 47.1 Å². The third-order valence-corrected chi connectivity index (χ3v) is 3.66. The highest BCUT2D eigenvalue weighted by atomic mass is 32.2. The molecule has 20 heavy (non-hydrogen) atoms. The summed E-state index contributed by atoms with van der Waals surface area (Å²) in [5, 5.41) is 4.32. The molecule has 0 aromatic carbocycles. The van der Waals surface area contributed by atoms with E-state index in [9.17, 15) is 0 Å². The average Bonchev–Trinajstić information content (AvgIpc) is 2.40. The van der Waals surface area contributed by atoms with Gasteiger partial charge in [-0.15, -0.1) is 27.0 Å². The lowest BCUT2D eigenvalue weighted by Gasteiger charge is -2.18. The molecule has 0 aromatic rings. The molecule has 0 spiro atoms. The summed E-state index contributed by atoms with van der Waals surface area (Å²) in [4.78, 5) is 0. The van der Waals surface area contributed by atoms with Gasteiger partial charge in [0.15, 0.2) is 0 Å². The van der Waals surface area contributed by atoms with Crippen molar-refractivity contribution in [1.82, 2.24) is 5.32 Å². The Bertz CT molecular complexity index is 478. The number of allylic oxidation sites excluding steroid dienone is 6. The summed E-state index contributed by atoms with van der Waals surface area (Å²) in [6.07, 6.45) is 13.6. The minimum absolute atomic E-state index is 0.126. The fourth-order valence-corrected chi connectivity index (χ4v) is 2.77. The van der Waals surface area contributed by atoms with Gasteiger partial charge in [0.25, 0.3) is 0 Å². The maximum absolute atomic E-state index is 5.74. The lowest BCUT2D eigenvalue weighted by molar-refractivity contribution is 0.844. The molecule has 1 N–H and O–H groups in total. The Labute approximate surface area is 130 Å². The Hall–Kier alpha value is -1.16. The molecule has 1 unspecified atom stereocenters. The zero-order valence-electron chi connectivity index (χ0n) is 12.8. The first-order chi connectivity index (χ1) is 9.51. The summed E-state index contributed by atoms with van der Waals surface area (Å²) in [5.74, 6) is 3.92. The van der Waals surface area contributed by atoms with E-state index < -0.39 is 0 Å². The number of terminal acetylenes is 1. The second-order valence-electron chi connectivity index (χ2n) is 4.19. The normalized spacial score (nSPS) is 14.4. The molecule has 3 heteroatoms. The Morgan fingerprint density at radius 1 is 1.55 bits per heavy atom. The van der Waals surface area contributed by atoms with Crippen LogP contribution in [0.2, 0.25) is 0 Å². The van der Waals surface area contributed by atoms with Crippen molar-refractivity contribution < 1.29 is 0 Å². The summed E-state index contributed by atoms with van der Waals surface area (Å²) in [6, 6.07) is 0. The number of hydrogen-bond acceptors (Lipinski definition) is 1. The zero-order chi connectivity index (χ0) is 15.5. The summed E-state index contributed by atoms with van der Waals surface area (Å²) < 4.78 is 0. The van der Waals surface area contributed by atoms with E-state index in [0.29, 0.717) is 0 Å². The molecule has 0 saturated carbocycles. The van der Waals surface area contributed by atoms with Crippen molar-refractivity contribution in [1.29, 1.82) is 0 Å². The first-order valence-electron chi connectivity index (χ1n) is 6.62. The molecule has 108 valence electrons. The SMILES string of the molecule is C#C/C(=C(\NC(C)=P)SCC)C(C)/C(C=C)=C/C=C\C. The van der Waals surface area contributed by atoms with Crippen molar-refractivity contribution >= 4 is 26.0 Å². The molecule has 0 aromatic heterocycles. The Morgan fingerprint density at radius 3 is 2.60 bits per heavy atom. The number of nitrogens with one attached hydrogen (secondary N) is 1. The van der Waals surface area contributed by atoms with E-state index in [1.165, 1.54) is 0 Å². The van der Waals surface area contributed by atoms with Gasteiger partial charge < -0.3 is 5.32 Å². The molecule has 0 fully saturated rings. The van der Waals surface area contributed by atoms with Gasteiger partial charge in [0.05, 0.1) is 5.03 Å². The van der Waals surface area contributed by atoms with Crippen molar-refractivity contribution in [3.8, 4) is 12.3 Å². The molecule has 0 bridgehead atoms. The lowest BCUT2D eigenvalue weighted by Crippen LogP contribution is -2.19. The van der Waals surface area contributed by atoms with Gasteiger partial charge in [0, 0.05) is 16.9 Å². The van der Waals surface area contributed by atoms with Crippen LogP contribution in [-0.4, -0.2) is 11.2 Å². The maximum Gasteiger partial charge on any atom is 0.0849 e. The van der Waals surface area contributed by atoms with E-state index in [0.717, 1.165) is 27.3 Å². The Kier molecular flexibility index (Phi) is 9.99. The van der Waals surface area contributed by atoms with E-state index in [1.54, 1.807) is 11.8 Å². The fraction of sp³-hybridized carbons (Fsp3) is 0.353. The number of hydrogen-bond donors (Lipinski definition) is 1. The third kappa shape index (κ3) is 6.33. The predicted molar refractivity (Wildman–Crippen MR) is 98.4 cm³/mol. The van der Waals surface area contributed by atoms with Crippen LogP contribution in [0.3, 0.4) is 0 Å². The first-order valence-corrected chi connectivity index (χ1v) is 8.11. The molecule has 0 heterocycles. The lowest BCUT2D eigenvalue weighted by atomic mass is 9.93. The second-order valence-corrected chi connectivity index (χ2v) is 6.21. The van der Waals surface area contributed by atoms with Crippen LogP contribution in [0.4, 0.5) is 0 Å². The fourth-order valence-electron chi connectivity index (χ4n) is 1.65. The summed E-state index contributed by atoms with van der Waals surface area (Å²) in [7, 11) is 3.48. The van der Waals surface area contributed by atoms with Crippen molar-refractivity contribution in [3.05, 3.63) is 47.1 Å². The minimum atomic E-state index is 0.126. The minimum Gasteiger partial charge on any atom is -0.350 e. The average molecular weight is 305 g/mol. The van der Waals surface area contributed by atoms with Crippen molar-refractivity contribution in [2.45, 2.75) is 27.7 Å². The van der Waals surface area contributed by atoms with E-state index in [2.05, 4.69) is 40.5 Å². The second kappa shape index (κ2) is 10.6. The van der Waals surface area contributed by atoms with Gasteiger partial charge in [-0.1, -0.05) is 50.7 Å². The zero-order valence-corrected chi connectivity index (χ0v) is 14.6. The molecule has 0 aliphatic carbocycles. The van der Waals surface area contributed by atoms with Crippen molar-refractivity contribution in [2.75, 3.05) is 5.75 Å². The monoisotopic (exact) mass is 305 g/mol. The largest absolute Gasteiger partial charge is 0.350 e. The molecule has 1 atom stereocenters. The van der Waals surface area contributed by atoms with Gasteiger partial charge in [-0.3, -0.25) is 0 Å². The van der Waals surface area contributed by atoms with E-state index in [-0.39, 0.29) is 5.92 Å². The molecule has 1 nitrogen and oxygen atoms in total. The van der Waals surface area contributed by atoms with Gasteiger partial charge in [0.2, 0.25) is 0 Å². The molecular weight excluding hydrogens is 281 g/mol. The molecule has 0 amide bonds. The van der Waals surface area contributed by atoms with E-state index >= 15 is 0 Å². The molecule has 0 aliphatic heterocycles.